The molecule has 1 aromatic carbocycles. The number of aromatic nitrogens is 3. The Morgan fingerprint density at radius 3 is 2.50 bits per heavy atom. The number of likely N-dealkylation sites (N-methyl/N-ethyl adjacent to an activating group) is 1. The van der Waals surface area contributed by atoms with Gasteiger partial charge in [0.2, 0.25) is 0 Å². The highest BCUT2D eigenvalue weighted by Crippen LogP contribution is 2.39. The lowest BCUT2D eigenvalue weighted by Crippen LogP contribution is -2.24. The van der Waals surface area contributed by atoms with Crippen LogP contribution in [0.15, 0.2) is 18.2 Å². The van der Waals surface area contributed by atoms with E-state index in [9.17, 15) is 22.7 Å². The molecular formula is C20H21F4N5O. The summed E-state index contributed by atoms with van der Waals surface area (Å²) >= 11 is 0. The van der Waals surface area contributed by atoms with Crippen molar-refractivity contribution in [2.24, 2.45) is 7.05 Å². The molecule has 0 spiro atoms. The summed E-state index contributed by atoms with van der Waals surface area (Å²) in [7, 11) is 3.58. The zero-order chi connectivity index (χ0) is 21.8. The number of fused-ring (bicyclic) bond motifs is 1. The standard InChI is InChI=1S/C20H21F4N5O/c1-10-6-11(20(22,23)24)7-15(30)16(10)19-27-18-14(29(19)3)8-13(21)17(26-18)25-12-4-5-28(2)9-12/h6-8,12,30H,4-5,9H2,1-3H3,(H,25,26)/t12-/m1/s1. The minimum Gasteiger partial charge on any atom is -0.507 e. The number of alkyl halides is 3. The summed E-state index contributed by atoms with van der Waals surface area (Å²) in [6.07, 6.45) is -3.71. The lowest BCUT2D eigenvalue weighted by atomic mass is 10.0. The van der Waals surface area contributed by atoms with Crippen LogP contribution in [0.25, 0.3) is 22.6 Å². The number of imidazole rings is 1. The first-order valence-electron chi connectivity index (χ1n) is 9.44. The van der Waals surface area contributed by atoms with E-state index in [0.29, 0.717) is 11.6 Å². The molecule has 0 radical (unpaired) electrons. The molecule has 1 atom stereocenters. The molecule has 1 aliphatic rings. The van der Waals surface area contributed by atoms with E-state index < -0.39 is 23.3 Å². The Labute approximate surface area is 170 Å². The highest BCUT2D eigenvalue weighted by molar-refractivity contribution is 5.81. The van der Waals surface area contributed by atoms with Gasteiger partial charge in [0.05, 0.1) is 16.6 Å². The van der Waals surface area contributed by atoms with Crippen LogP contribution in [0.2, 0.25) is 0 Å². The van der Waals surface area contributed by atoms with Gasteiger partial charge in [-0.3, -0.25) is 0 Å². The molecule has 0 amide bonds. The number of anilines is 1. The number of phenolic OH excluding ortho intramolecular Hbond substituents is 1. The number of halogens is 4. The third kappa shape index (κ3) is 3.55. The largest absolute Gasteiger partial charge is 0.507 e. The summed E-state index contributed by atoms with van der Waals surface area (Å²) in [6, 6.07) is 2.97. The number of aromatic hydroxyl groups is 1. The van der Waals surface area contributed by atoms with E-state index in [1.807, 2.05) is 7.05 Å². The van der Waals surface area contributed by atoms with Crippen molar-refractivity contribution in [3.63, 3.8) is 0 Å². The monoisotopic (exact) mass is 423 g/mol. The fourth-order valence-corrected chi connectivity index (χ4v) is 3.88. The van der Waals surface area contributed by atoms with E-state index in [0.717, 1.165) is 25.6 Å². The maximum absolute atomic E-state index is 14.7. The van der Waals surface area contributed by atoms with Gasteiger partial charge < -0.3 is 19.9 Å². The molecule has 0 bridgehead atoms. The van der Waals surface area contributed by atoms with Crippen molar-refractivity contribution in [2.75, 3.05) is 25.5 Å². The van der Waals surface area contributed by atoms with Gasteiger partial charge in [-0.1, -0.05) is 0 Å². The highest BCUT2D eigenvalue weighted by Gasteiger charge is 2.32. The Kier molecular flexibility index (Phi) is 4.84. The number of rotatable bonds is 3. The van der Waals surface area contributed by atoms with Crippen LogP contribution in [0.1, 0.15) is 17.5 Å². The minimum absolute atomic E-state index is 0.0684. The zero-order valence-electron chi connectivity index (χ0n) is 16.7. The number of nitrogens with one attached hydrogen (secondary N) is 1. The fraction of sp³-hybridized carbons (Fsp3) is 0.400. The number of likely N-dealkylation sites (tertiary alicyclic amines) is 1. The number of pyridine rings is 1. The van der Waals surface area contributed by atoms with Crippen LogP contribution >= 0.6 is 0 Å². The molecule has 3 heterocycles. The Bertz CT molecular complexity index is 1100. The second-order valence-electron chi connectivity index (χ2n) is 7.73. The second kappa shape index (κ2) is 7.12. The normalized spacial score (nSPS) is 17.8. The number of hydrogen-bond donors (Lipinski definition) is 2. The van der Waals surface area contributed by atoms with Gasteiger partial charge in [-0.2, -0.15) is 13.2 Å². The molecule has 3 aromatic rings. The van der Waals surface area contributed by atoms with Crippen molar-refractivity contribution < 1.29 is 22.7 Å². The van der Waals surface area contributed by atoms with E-state index >= 15 is 0 Å². The van der Waals surface area contributed by atoms with E-state index in [4.69, 9.17) is 0 Å². The van der Waals surface area contributed by atoms with Crippen molar-refractivity contribution >= 4 is 17.0 Å². The molecule has 2 N–H and O–H groups in total. The molecule has 1 fully saturated rings. The Balaban J connectivity index is 1.77. The highest BCUT2D eigenvalue weighted by atomic mass is 19.4. The van der Waals surface area contributed by atoms with Gasteiger partial charge >= 0.3 is 6.18 Å². The molecule has 1 aliphatic heterocycles. The van der Waals surface area contributed by atoms with Gasteiger partial charge in [0.25, 0.3) is 0 Å². The molecule has 6 nitrogen and oxygen atoms in total. The second-order valence-corrected chi connectivity index (χ2v) is 7.73. The van der Waals surface area contributed by atoms with Crippen LogP contribution < -0.4 is 5.32 Å². The summed E-state index contributed by atoms with van der Waals surface area (Å²) in [4.78, 5) is 10.8. The van der Waals surface area contributed by atoms with Crippen molar-refractivity contribution in [1.29, 1.82) is 0 Å². The quantitative estimate of drug-likeness (QED) is 0.625. The van der Waals surface area contributed by atoms with Gasteiger partial charge in [-0.25, -0.2) is 14.4 Å². The average Bonchev–Trinajstić information content (AvgIpc) is 3.18. The predicted octanol–water partition coefficient (Wildman–Crippen LogP) is 3.92. The van der Waals surface area contributed by atoms with Crippen molar-refractivity contribution in [3.05, 3.63) is 35.1 Å². The molecule has 4 rings (SSSR count). The Morgan fingerprint density at radius 1 is 1.17 bits per heavy atom. The molecular weight excluding hydrogens is 402 g/mol. The number of phenols is 1. The molecule has 0 unspecified atom stereocenters. The van der Waals surface area contributed by atoms with Gasteiger partial charge in [-0.15, -0.1) is 0 Å². The average molecular weight is 423 g/mol. The first kappa shape index (κ1) is 20.4. The molecule has 10 heteroatoms. The SMILES string of the molecule is Cc1cc(C(F)(F)F)cc(O)c1-c1nc2nc(N[C@@H]3CCN(C)C3)c(F)cc2n1C. The van der Waals surface area contributed by atoms with E-state index in [2.05, 4.69) is 20.2 Å². The fourth-order valence-electron chi connectivity index (χ4n) is 3.88. The van der Waals surface area contributed by atoms with Gasteiger partial charge in [-0.05, 0) is 44.6 Å². The molecule has 2 aromatic heterocycles. The third-order valence-electron chi connectivity index (χ3n) is 5.43. The Morgan fingerprint density at radius 2 is 1.90 bits per heavy atom. The maximum atomic E-state index is 14.7. The zero-order valence-corrected chi connectivity index (χ0v) is 16.7. The number of aryl methyl sites for hydroxylation is 2. The molecule has 0 aliphatic carbocycles. The first-order valence-corrected chi connectivity index (χ1v) is 9.44. The van der Waals surface area contributed by atoms with Crippen LogP contribution in [0, 0.1) is 12.7 Å². The van der Waals surface area contributed by atoms with E-state index in [1.54, 1.807) is 7.05 Å². The Hall–Kier alpha value is -2.88. The summed E-state index contributed by atoms with van der Waals surface area (Å²) in [5, 5.41) is 13.4. The molecule has 30 heavy (non-hydrogen) atoms. The lowest BCUT2D eigenvalue weighted by molar-refractivity contribution is -0.137. The van der Waals surface area contributed by atoms with Crippen molar-refractivity contribution in [2.45, 2.75) is 25.6 Å². The minimum atomic E-state index is -4.58. The molecule has 160 valence electrons. The maximum Gasteiger partial charge on any atom is 0.416 e. The smallest absolute Gasteiger partial charge is 0.416 e. The van der Waals surface area contributed by atoms with Crippen LogP contribution in [0.3, 0.4) is 0 Å². The molecule has 1 saturated heterocycles. The van der Waals surface area contributed by atoms with Gasteiger partial charge in [0.15, 0.2) is 17.3 Å². The van der Waals surface area contributed by atoms with E-state index in [1.165, 1.54) is 17.6 Å². The van der Waals surface area contributed by atoms with Gasteiger partial charge in [0.1, 0.15) is 11.6 Å². The van der Waals surface area contributed by atoms with Crippen LogP contribution in [-0.2, 0) is 13.2 Å². The van der Waals surface area contributed by atoms with Crippen LogP contribution in [0.5, 0.6) is 5.75 Å². The summed E-state index contributed by atoms with van der Waals surface area (Å²) < 4.78 is 55.2. The predicted molar refractivity (Wildman–Crippen MR) is 105 cm³/mol. The van der Waals surface area contributed by atoms with Crippen LogP contribution in [-0.4, -0.2) is 50.7 Å². The summed E-state index contributed by atoms with van der Waals surface area (Å²) in [6.45, 7) is 3.13. The van der Waals surface area contributed by atoms with Crippen molar-refractivity contribution in [1.82, 2.24) is 19.4 Å². The number of nitrogens with zero attached hydrogens (tertiary/aromatic N) is 4. The van der Waals surface area contributed by atoms with E-state index in [-0.39, 0.29) is 34.5 Å². The topological polar surface area (TPSA) is 66.2 Å². The number of benzene rings is 1. The summed E-state index contributed by atoms with van der Waals surface area (Å²) in [5.41, 5.74) is 0.0123. The lowest BCUT2D eigenvalue weighted by Gasteiger charge is -2.14. The number of hydrogen-bond acceptors (Lipinski definition) is 5. The van der Waals surface area contributed by atoms with Crippen molar-refractivity contribution in [3.8, 4) is 17.1 Å². The molecule has 0 saturated carbocycles. The first-order chi connectivity index (χ1) is 14.0. The summed E-state index contributed by atoms with van der Waals surface area (Å²) in [5.74, 6) is -0.798. The van der Waals surface area contributed by atoms with Crippen LogP contribution in [0.4, 0.5) is 23.4 Å². The third-order valence-corrected chi connectivity index (χ3v) is 5.43. The van der Waals surface area contributed by atoms with Gasteiger partial charge in [0, 0.05) is 25.7 Å².